The van der Waals surface area contributed by atoms with Gasteiger partial charge in [-0.15, -0.1) is 0 Å². The summed E-state index contributed by atoms with van der Waals surface area (Å²) in [6, 6.07) is 7.28. The number of carboxylic acid groups (broad SMARTS) is 1. The maximum Gasteiger partial charge on any atom is 0.325 e. The number of carbonyl (C=O) groups excluding carboxylic acids is 1. The van der Waals surface area contributed by atoms with Gasteiger partial charge < -0.3 is 10.0 Å². The number of rotatable bonds is 4. The molecule has 0 bridgehead atoms. The SMILES string of the molecule is Cc1cccc(C(=O)N2CCCC(c3ccn(CC(=O)O)n3)C2)n1. The van der Waals surface area contributed by atoms with Crippen LogP contribution in [0.2, 0.25) is 0 Å². The first-order chi connectivity index (χ1) is 11.5. The smallest absolute Gasteiger partial charge is 0.325 e. The monoisotopic (exact) mass is 328 g/mol. The van der Waals surface area contributed by atoms with Gasteiger partial charge in [0.15, 0.2) is 0 Å². The molecule has 0 aromatic carbocycles. The lowest BCUT2D eigenvalue weighted by atomic mass is 9.94. The van der Waals surface area contributed by atoms with Crippen LogP contribution in [0.5, 0.6) is 0 Å². The molecule has 3 heterocycles. The first kappa shape index (κ1) is 16.2. The second-order valence-corrected chi connectivity index (χ2v) is 6.09. The first-order valence-corrected chi connectivity index (χ1v) is 8.01. The quantitative estimate of drug-likeness (QED) is 0.922. The van der Waals surface area contributed by atoms with Gasteiger partial charge in [0.25, 0.3) is 5.91 Å². The molecule has 1 aliphatic rings. The topological polar surface area (TPSA) is 88.3 Å². The highest BCUT2D eigenvalue weighted by Gasteiger charge is 2.27. The standard InChI is InChI=1S/C17H20N4O3/c1-12-4-2-6-15(18-12)17(24)20-8-3-5-13(10-20)14-7-9-21(19-14)11-16(22)23/h2,4,6-7,9,13H,3,5,8,10-11H2,1H3,(H,22,23). The van der Waals surface area contributed by atoms with Crippen molar-refractivity contribution >= 4 is 11.9 Å². The van der Waals surface area contributed by atoms with E-state index >= 15 is 0 Å². The van der Waals surface area contributed by atoms with Crippen molar-refractivity contribution in [2.75, 3.05) is 13.1 Å². The predicted molar refractivity (Wildman–Crippen MR) is 86.7 cm³/mol. The third kappa shape index (κ3) is 3.61. The minimum Gasteiger partial charge on any atom is -0.480 e. The van der Waals surface area contributed by atoms with Crippen molar-refractivity contribution in [3.63, 3.8) is 0 Å². The molecule has 24 heavy (non-hydrogen) atoms. The summed E-state index contributed by atoms with van der Waals surface area (Å²) in [6.45, 7) is 3.01. The molecule has 1 amide bonds. The molecular weight excluding hydrogens is 308 g/mol. The van der Waals surface area contributed by atoms with E-state index in [4.69, 9.17) is 5.11 Å². The number of hydrogen-bond donors (Lipinski definition) is 1. The summed E-state index contributed by atoms with van der Waals surface area (Å²) in [4.78, 5) is 29.5. The average molecular weight is 328 g/mol. The summed E-state index contributed by atoms with van der Waals surface area (Å²) in [5.41, 5.74) is 2.12. The summed E-state index contributed by atoms with van der Waals surface area (Å²) in [7, 11) is 0. The Morgan fingerprint density at radius 3 is 2.92 bits per heavy atom. The Kier molecular flexibility index (Phi) is 4.59. The van der Waals surface area contributed by atoms with Crippen LogP contribution in [0.4, 0.5) is 0 Å². The predicted octanol–water partition coefficient (Wildman–Crippen LogP) is 1.69. The molecule has 0 spiro atoms. The fraction of sp³-hybridized carbons (Fsp3) is 0.412. The number of aromatic nitrogens is 3. The third-order valence-corrected chi connectivity index (χ3v) is 4.19. The van der Waals surface area contributed by atoms with Crippen LogP contribution < -0.4 is 0 Å². The minimum atomic E-state index is -0.921. The van der Waals surface area contributed by atoms with Crippen LogP contribution in [-0.4, -0.2) is 49.7 Å². The Bertz CT molecular complexity index is 756. The molecule has 7 heteroatoms. The van der Waals surface area contributed by atoms with Crippen molar-refractivity contribution in [2.45, 2.75) is 32.2 Å². The molecule has 126 valence electrons. The normalized spacial score (nSPS) is 17.7. The van der Waals surface area contributed by atoms with Gasteiger partial charge in [-0.25, -0.2) is 4.98 Å². The number of aliphatic carboxylic acids is 1. The third-order valence-electron chi connectivity index (χ3n) is 4.19. The van der Waals surface area contributed by atoms with Gasteiger partial charge in [-0.3, -0.25) is 14.3 Å². The lowest BCUT2D eigenvalue weighted by molar-refractivity contribution is -0.137. The van der Waals surface area contributed by atoms with Crippen LogP contribution in [0, 0.1) is 6.92 Å². The maximum absolute atomic E-state index is 12.6. The van der Waals surface area contributed by atoms with Gasteiger partial charge in [-0.05, 0) is 38.0 Å². The van der Waals surface area contributed by atoms with Crippen LogP contribution in [0.25, 0.3) is 0 Å². The number of likely N-dealkylation sites (tertiary alicyclic amines) is 1. The van der Waals surface area contributed by atoms with E-state index < -0.39 is 5.97 Å². The summed E-state index contributed by atoms with van der Waals surface area (Å²) >= 11 is 0. The van der Waals surface area contributed by atoms with Crippen LogP contribution in [0.3, 0.4) is 0 Å². The Hall–Kier alpha value is -2.70. The van der Waals surface area contributed by atoms with Crippen LogP contribution in [0.1, 0.15) is 40.6 Å². The van der Waals surface area contributed by atoms with Crippen LogP contribution >= 0.6 is 0 Å². The summed E-state index contributed by atoms with van der Waals surface area (Å²) in [6.07, 6.45) is 3.51. The molecule has 1 aliphatic heterocycles. The molecule has 0 aliphatic carbocycles. The van der Waals surface area contributed by atoms with E-state index in [0.29, 0.717) is 18.8 Å². The summed E-state index contributed by atoms with van der Waals surface area (Å²) in [5.74, 6) is -0.855. The summed E-state index contributed by atoms with van der Waals surface area (Å²) in [5, 5.41) is 13.2. The highest BCUT2D eigenvalue weighted by molar-refractivity contribution is 5.92. The number of hydrogen-bond acceptors (Lipinski definition) is 4. The van der Waals surface area contributed by atoms with Crippen molar-refractivity contribution in [3.8, 4) is 0 Å². The Labute approximate surface area is 139 Å². The number of aryl methyl sites for hydroxylation is 1. The van der Waals surface area contributed by atoms with Gasteiger partial charge in [0.1, 0.15) is 12.2 Å². The van der Waals surface area contributed by atoms with Crippen molar-refractivity contribution < 1.29 is 14.7 Å². The van der Waals surface area contributed by atoms with Gasteiger partial charge in [-0.2, -0.15) is 5.10 Å². The number of carbonyl (C=O) groups is 2. The number of carboxylic acids is 1. The van der Waals surface area contributed by atoms with Gasteiger partial charge in [0.05, 0.1) is 5.69 Å². The molecule has 2 aromatic heterocycles. The van der Waals surface area contributed by atoms with Crippen LogP contribution in [0.15, 0.2) is 30.5 Å². The second kappa shape index (κ2) is 6.82. The van der Waals surface area contributed by atoms with E-state index in [0.717, 1.165) is 24.2 Å². The molecule has 2 aromatic rings. The van der Waals surface area contributed by atoms with E-state index in [1.54, 1.807) is 12.3 Å². The van der Waals surface area contributed by atoms with Crippen molar-refractivity contribution in [1.29, 1.82) is 0 Å². The van der Waals surface area contributed by atoms with E-state index in [-0.39, 0.29) is 18.4 Å². The molecule has 1 unspecified atom stereocenters. The molecule has 0 saturated carbocycles. The molecule has 1 fully saturated rings. The average Bonchev–Trinajstić information content (AvgIpc) is 3.02. The highest BCUT2D eigenvalue weighted by atomic mass is 16.4. The minimum absolute atomic E-state index is 0.0617. The number of piperidine rings is 1. The van der Waals surface area contributed by atoms with Gasteiger partial charge in [-0.1, -0.05) is 6.07 Å². The van der Waals surface area contributed by atoms with Gasteiger partial charge in [0.2, 0.25) is 0 Å². The Balaban J connectivity index is 1.71. The number of pyridine rings is 1. The molecular formula is C17H20N4O3. The van der Waals surface area contributed by atoms with E-state index in [9.17, 15) is 9.59 Å². The van der Waals surface area contributed by atoms with Crippen molar-refractivity contribution in [2.24, 2.45) is 0 Å². The lowest BCUT2D eigenvalue weighted by Crippen LogP contribution is -2.39. The van der Waals surface area contributed by atoms with Crippen LogP contribution in [-0.2, 0) is 11.3 Å². The Morgan fingerprint density at radius 2 is 2.17 bits per heavy atom. The molecule has 7 nitrogen and oxygen atoms in total. The second-order valence-electron chi connectivity index (χ2n) is 6.09. The summed E-state index contributed by atoms with van der Waals surface area (Å²) < 4.78 is 1.42. The van der Waals surface area contributed by atoms with E-state index in [1.807, 2.05) is 30.0 Å². The highest BCUT2D eigenvalue weighted by Crippen LogP contribution is 2.26. The van der Waals surface area contributed by atoms with Gasteiger partial charge in [0, 0.05) is 30.9 Å². The van der Waals surface area contributed by atoms with E-state index in [1.165, 1.54) is 4.68 Å². The Morgan fingerprint density at radius 1 is 1.33 bits per heavy atom. The molecule has 1 N–H and O–H groups in total. The van der Waals surface area contributed by atoms with E-state index in [2.05, 4.69) is 10.1 Å². The fourth-order valence-electron chi connectivity index (χ4n) is 3.05. The van der Waals surface area contributed by atoms with Crippen molar-refractivity contribution in [3.05, 3.63) is 47.5 Å². The number of nitrogens with zero attached hydrogens (tertiary/aromatic N) is 4. The molecule has 0 radical (unpaired) electrons. The first-order valence-electron chi connectivity index (χ1n) is 8.01. The molecule has 1 saturated heterocycles. The number of amides is 1. The zero-order valence-electron chi connectivity index (χ0n) is 13.6. The molecule has 3 rings (SSSR count). The molecule has 1 atom stereocenters. The van der Waals surface area contributed by atoms with Gasteiger partial charge >= 0.3 is 5.97 Å². The maximum atomic E-state index is 12.6. The zero-order chi connectivity index (χ0) is 17.1. The fourth-order valence-corrected chi connectivity index (χ4v) is 3.05. The lowest BCUT2D eigenvalue weighted by Gasteiger charge is -2.31. The van der Waals surface area contributed by atoms with Crippen molar-refractivity contribution in [1.82, 2.24) is 19.7 Å². The zero-order valence-corrected chi connectivity index (χ0v) is 13.6. The largest absolute Gasteiger partial charge is 0.480 e.